The van der Waals surface area contributed by atoms with E-state index in [9.17, 15) is 4.79 Å². The first-order valence-electron chi connectivity index (χ1n) is 24.6. The van der Waals surface area contributed by atoms with Crippen molar-refractivity contribution >= 4 is 5.97 Å². The van der Waals surface area contributed by atoms with E-state index in [0.717, 1.165) is 12.8 Å². The van der Waals surface area contributed by atoms with Crippen LogP contribution in [-0.2, 0) is 9.53 Å². The number of rotatable bonds is 46. The molecule has 0 rings (SSSR count). The molecule has 0 aliphatic carbocycles. The van der Waals surface area contributed by atoms with Gasteiger partial charge in [-0.3, -0.25) is 4.79 Å². The fourth-order valence-electron chi connectivity index (χ4n) is 7.72. The maximum absolute atomic E-state index is 12.0. The molecule has 0 aromatic rings. The molecule has 0 bridgehead atoms. The molecular formula is C50H98O2. The molecule has 0 aliphatic heterocycles. The van der Waals surface area contributed by atoms with Crippen molar-refractivity contribution < 1.29 is 9.53 Å². The number of hydrogen-bond acceptors (Lipinski definition) is 2. The molecule has 0 spiro atoms. The Morgan fingerprint density at radius 2 is 0.538 bits per heavy atom. The Labute approximate surface area is 329 Å². The lowest BCUT2D eigenvalue weighted by Crippen LogP contribution is -2.05. The van der Waals surface area contributed by atoms with Gasteiger partial charge in [0.05, 0.1) is 6.61 Å². The SMILES string of the molecule is CCCCCCCC/C=C/CCCCCCCCOC(=O)CCCCCCCCCCCCCCCCCCCCCCCCCCCCCCC. The van der Waals surface area contributed by atoms with Gasteiger partial charge in [-0.15, -0.1) is 0 Å². The number of carbonyl (C=O) groups is 1. The highest BCUT2D eigenvalue weighted by atomic mass is 16.5. The predicted molar refractivity (Wildman–Crippen MR) is 235 cm³/mol. The number of carbonyl (C=O) groups excluding carboxylic acids is 1. The van der Waals surface area contributed by atoms with Crippen LogP contribution in [0, 0.1) is 0 Å². The van der Waals surface area contributed by atoms with Crippen molar-refractivity contribution in [3.63, 3.8) is 0 Å². The number of unbranched alkanes of at least 4 members (excludes halogenated alkanes) is 40. The van der Waals surface area contributed by atoms with E-state index in [0.29, 0.717) is 13.0 Å². The van der Waals surface area contributed by atoms with Gasteiger partial charge >= 0.3 is 5.97 Å². The zero-order valence-electron chi connectivity index (χ0n) is 36.3. The van der Waals surface area contributed by atoms with Gasteiger partial charge in [-0.05, 0) is 38.5 Å². The van der Waals surface area contributed by atoms with Gasteiger partial charge in [0.1, 0.15) is 0 Å². The fourth-order valence-corrected chi connectivity index (χ4v) is 7.72. The number of esters is 1. The first kappa shape index (κ1) is 51.2. The van der Waals surface area contributed by atoms with Crippen LogP contribution >= 0.6 is 0 Å². The zero-order valence-corrected chi connectivity index (χ0v) is 36.3. The lowest BCUT2D eigenvalue weighted by molar-refractivity contribution is -0.143. The normalized spacial score (nSPS) is 11.7. The minimum atomic E-state index is 0.0257. The number of hydrogen-bond donors (Lipinski definition) is 0. The number of allylic oxidation sites excluding steroid dienone is 2. The molecule has 2 heteroatoms. The molecule has 0 N–H and O–H groups in total. The third-order valence-electron chi connectivity index (χ3n) is 11.4. The second kappa shape index (κ2) is 48.2. The van der Waals surface area contributed by atoms with Crippen LogP contribution in [0.2, 0.25) is 0 Å². The summed E-state index contributed by atoms with van der Waals surface area (Å²) in [6.07, 6.45) is 64.9. The maximum Gasteiger partial charge on any atom is 0.305 e. The molecule has 0 amide bonds. The number of ether oxygens (including phenoxy) is 1. The Kier molecular flexibility index (Phi) is 47.5. The average Bonchev–Trinajstić information content (AvgIpc) is 3.15. The van der Waals surface area contributed by atoms with Crippen LogP contribution in [0.3, 0.4) is 0 Å². The smallest absolute Gasteiger partial charge is 0.305 e. The van der Waals surface area contributed by atoms with E-state index in [-0.39, 0.29) is 5.97 Å². The average molecular weight is 731 g/mol. The summed E-state index contributed by atoms with van der Waals surface area (Å²) in [6, 6.07) is 0. The summed E-state index contributed by atoms with van der Waals surface area (Å²) in [5.74, 6) is 0.0257. The summed E-state index contributed by atoms with van der Waals surface area (Å²) < 4.78 is 5.48. The third-order valence-corrected chi connectivity index (χ3v) is 11.4. The summed E-state index contributed by atoms with van der Waals surface area (Å²) in [5.41, 5.74) is 0. The largest absolute Gasteiger partial charge is 0.466 e. The van der Waals surface area contributed by atoms with Gasteiger partial charge in [0.2, 0.25) is 0 Å². The molecule has 0 saturated heterocycles. The van der Waals surface area contributed by atoms with E-state index in [2.05, 4.69) is 26.0 Å². The minimum absolute atomic E-state index is 0.0257. The predicted octanol–water partition coefficient (Wildman–Crippen LogP) is 18.3. The van der Waals surface area contributed by atoms with Crippen LogP contribution in [0.1, 0.15) is 296 Å². The molecule has 0 fully saturated rings. The molecule has 0 aromatic heterocycles. The van der Waals surface area contributed by atoms with Crippen LogP contribution in [0.4, 0.5) is 0 Å². The first-order valence-corrected chi connectivity index (χ1v) is 24.6. The van der Waals surface area contributed by atoms with Crippen LogP contribution in [0.5, 0.6) is 0 Å². The molecule has 0 heterocycles. The van der Waals surface area contributed by atoms with Crippen molar-refractivity contribution in [2.75, 3.05) is 6.61 Å². The standard InChI is InChI=1S/C50H98O2/c1-3-5-7-9-11-13-15-17-19-21-22-23-24-25-26-27-28-29-30-31-32-33-34-36-38-40-42-44-46-48-50(51)52-49-47-45-43-41-39-37-35-20-18-16-14-12-10-8-6-4-2/h18,20H,3-17,19,21-49H2,1-2H3/b20-18+. The highest BCUT2D eigenvalue weighted by molar-refractivity contribution is 5.69. The van der Waals surface area contributed by atoms with E-state index >= 15 is 0 Å². The lowest BCUT2D eigenvalue weighted by atomic mass is 10.0. The Hall–Kier alpha value is -0.790. The molecule has 0 radical (unpaired) electrons. The quantitative estimate of drug-likeness (QED) is 0.0354. The lowest BCUT2D eigenvalue weighted by Gasteiger charge is -2.06. The van der Waals surface area contributed by atoms with Crippen LogP contribution < -0.4 is 0 Å². The Bertz CT molecular complexity index is 669. The molecule has 0 saturated carbocycles. The van der Waals surface area contributed by atoms with Crippen molar-refractivity contribution in [1.82, 2.24) is 0 Å². The third kappa shape index (κ3) is 47.2. The molecule has 52 heavy (non-hydrogen) atoms. The zero-order chi connectivity index (χ0) is 37.5. The topological polar surface area (TPSA) is 26.3 Å². The Morgan fingerprint density at radius 1 is 0.308 bits per heavy atom. The van der Waals surface area contributed by atoms with Crippen molar-refractivity contribution in [3.8, 4) is 0 Å². The molecule has 0 atom stereocenters. The molecule has 0 unspecified atom stereocenters. The summed E-state index contributed by atoms with van der Waals surface area (Å²) in [6.45, 7) is 5.21. The van der Waals surface area contributed by atoms with Gasteiger partial charge in [0.15, 0.2) is 0 Å². The highest BCUT2D eigenvalue weighted by Gasteiger charge is 2.03. The van der Waals surface area contributed by atoms with Gasteiger partial charge in [-0.2, -0.15) is 0 Å². The van der Waals surface area contributed by atoms with Crippen LogP contribution in [0.15, 0.2) is 12.2 Å². The van der Waals surface area contributed by atoms with Crippen molar-refractivity contribution in [2.45, 2.75) is 296 Å². The minimum Gasteiger partial charge on any atom is -0.466 e. The monoisotopic (exact) mass is 731 g/mol. The first-order chi connectivity index (χ1) is 25.8. The van der Waals surface area contributed by atoms with E-state index in [1.165, 1.54) is 263 Å². The Balaban J connectivity index is 3.16. The van der Waals surface area contributed by atoms with Crippen molar-refractivity contribution in [1.29, 1.82) is 0 Å². The van der Waals surface area contributed by atoms with Crippen LogP contribution in [0.25, 0.3) is 0 Å². The van der Waals surface area contributed by atoms with E-state index in [1.54, 1.807) is 0 Å². The second-order valence-electron chi connectivity index (χ2n) is 16.8. The van der Waals surface area contributed by atoms with Gasteiger partial charge in [0, 0.05) is 6.42 Å². The van der Waals surface area contributed by atoms with E-state index < -0.39 is 0 Å². The summed E-state index contributed by atoms with van der Waals surface area (Å²) >= 11 is 0. The molecule has 0 aliphatic rings. The molecule has 0 aromatic carbocycles. The summed E-state index contributed by atoms with van der Waals surface area (Å²) in [4.78, 5) is 12.0. The van der Waals surface area contributed by atoms with Gasteiger partial charge in [-0.1, -0.05) is 264 Å². The van der Waals surface area contributed by atoms with E-state index in [1.807, 2.05) is 0 Å². The molecule has 2 nitrogen and oxygen atoms in total. The van der Waals surface area contributed by atoms with E-state index in [4.69, 9.17) is 4.74 Å². The molecule has 310 valence electrons. The fraction of sp³-hybridized carbons (Fsp3) is 0.940. The van der Waals surface area contributed by atoms with Crippen LogP contribution in [-0.4, -0.2) is 12.6 Å². The summed E-state index contributed by atoms with van der Waals surface area (Å²) in [5, 5.41) is 0. The Morgan fingerprint density at radius 3 is 0.827 bits per heavy atom. The van der Waals surface area contributed by atoms with Gasteiger partial charge in [-0.25, -0.2) is 0 Å². The van der Waals surface area contributed by atoms with Gasteiger partial charge < -0.3 is 4.74 Å². The highest BCUT2D eigenvalue weighted by Crippen LogP contribution is 2.17. The second-order valence-corrected chi connectivity index (χ2v) is 16.8. The summed E-state index contributed by atoms with van der Waals surface area (Å²) in [7, 11) is 0. The molecular weight excluding hydrogens is 633 g/mol. The van der Waals surface area contributed by atoms with Gasteiger partial charge in [0.25, 0.3) is 0 Å². The van der Waals surface area contributed by atoms with Crippen molar-refractivity contribution in [2.24, 2.45) is 0 Å². The maximum atomic E-state index is 12.0. The van der Waals surface area contributed by atoms with Crippen molar-refractivity contribution in [3.05, 3.63) is 12.2 Å².